The fourth-order valence-electron chi connectivity index (χ4n) is 2.95. The first kappa shape index (κ1) is 18.8. The topological polar surface area (TPSA) is 98.2 Å². The van der Waals surface area contributed by atoms with E-state index in [1.165, 1.54) is 4.68 Å². The Kier molecular flexibility index (Phi) is 5.09. The summed E-state index contributed by atoms with van der Waals surface area (Å²) in [4.78, 5) is 22.0. The van der Waals surface area contributed by atoms with Gasteiger partial charge < -0.3 is 11.1 Å². The second-order valence-corrected chi connectivity index (χ2v) is 7.17. The van der Waals surface area contributed by atoms with Crippen LogP contribution in [0.4, 0.5) is 5.82 Å². The number of fused-ring (bicyclic) bond motifs is 2. The lowest BCUT2D eigenvalue weighted by molar-refractivity contribution is 0.0960. The number of benzene rings is 2. The van der Waals surface area contributed by atoms with Crippen LogP contribution in [0.5, 0.6) is 0 Å². The van der Waals surface area contributed by atoms with E-state index in [-0.39, 0.29) is 17.3 Å². The zero-order valence-electron chi connectivity index (χ0n) is 15.3. The molecule has 8 heteroatoms. The maximum Gasteiger partial charge on any atom is 0.257 e. The first-order chi connectivity index (χ1) is 14.1. The Morgan fingerprint density at radius 2 is 1.97 bits per heavy atom. The number of carbonyl (C=O) groups is 1. The summed E-state index contributed by atoms with van der Waals surface area (Å²) < 4.78 is 2.38. The van der Waals surface area contributed by atoms with E-state index >= 15 is 0 Å². The molecular weight excluding hydrogens is 432 g/mol. The van der Waals surface area contributed by atoms with Gasteiger partial charge >= 0.3 is 0 Å². The van der Waals surface area contributed by atoms with Gasteiger partial charge in [0.1, 0.15) is 16.9 Å². The summed E-state index contributed by atoms with van der Waals surface area (Å²) in [7, 11) is 0. The molecule has 0 aliphatic heterocycles. The van der Waals surface area contributed by atoms with Crippen LogP contribution in [0.1, 0.15) is 15.9 Å². The number of hydrogen-bond acceptors (Lipinski definition) is 5. The third-order valence-corrected chi connectivity index (χ3v) is 4.77. The van der Waals surface area contributed by atoms with Crippen LogP contribution in [0.3, 0.4) is 0 Å². The van der Waals surface area contributed by atoms with E-state index in [9.17, 15) is 4.79 Å². The zero-order valence-corrected chi connectivity index (χ0v) is 16.9. The van der Waals surface area contributed by atoms with Gasteiger partial charge in [-0.1, -0.05) is 46.3 Å². The normalized spacial score (nSPS) is 11.3. The van der Waals surface area contributed by atoms with Crippen LogP contribution < -0.4 is 11.1 Å². The lowest BCUT2D eigenvalue weighted by Crippen LogP contribution is -2.24. The Labute approximate surface area is 175 Å². The first-order valence-corrected chi connectivity index (χ1v) is 9.63. The molecule has 0 saturated heterocycles. The molecule has 29 heavy (non-hydrogen) atoms. The number of anilines is 1. The van der Waals surface area contributed by atoms with Crippen molar-refractivity contribution >= 4 is 56.1 Å². The minimum atomic E-state index is -0.353. The quantitative estimate of drug-likeness (QED) is 0.358. The van der Waals surface area contributed by atoms with Crippen molar-refractivity contribution < 1.29 is 4.79 Å². The van der Waals surface area contributed by atoms with E-state index in [1.807, 2.05) is 48.5 Å². The molecular formula is C21H17BrN6O. The molecule has 7 nitrogen and oxygen atoms in total. The molecule has 0 atom stereocenters. The molecule has 0 saturated carbocycles. The molecule has 4 aromatic rings. The third-order valence-electron chi connectivity index (χ3n) is 4.28. The molecule has 2 heterocycles. The summed E-state index contributed by atoms with van der Waals surface area (Å²) in [5.74, 6) is -0.184. The van der Waals surface area contributed by atoms with Gasteiger partial charge in [-0.15, -0.1) is 6.58 Å². The molecule has 0 aliphatic carbocycles. The van der Waals surface area contributed by atoms with E-state index < -0.39 is 0 Å². The van der Waals surface area contributed by atoms with Gasteiger partial charge in [-0.3, -0.25) is 4.79 Å². The van der Waals surface area contributed by atoms with Crippen LogP contribution in [-0.4, -0.2) is 33.3 Å². The van der Waals surface area contributed by atoms with Gasteiger partial charge in [-0.25, -0.2) is 9.97 Å². The number of rotatable bonds is 5. The van der Waals surface area contributed by atoms with E-state index in [0.717, 1.165) is 10.0 Å². The number of para-hydroxylation sites is 2. The van der Waals surface area contributed by atoms with Crippen LogP contribution in [0.2, 0.25) is 0 Å². The number of carbonyl (C=O) groups excluding carboxylic acids is 1. The first-order valence-electron chi connectivity index (χ1n) is 8.84. The Bertz CT molecular complexity index is 1280. The minimum Gasteiger partial charge on any atom is -0.383 e. The van der Waals surface area contributed by atoms with Crippen molar-refractivity contribution in [3.8, 4) is 0 Å². The zero-order chi connectivity index (χ0) is 20.4. The molecule has 0 bridgehead atoms. The number of nitrogens with one attached hydrogen (secondary N) is 1. The van der Waals surface area contributed by atoms with Crippen LogP contribution >= 0.6 is 15.9 Å². The number of nitrogens with zero attached hydrogens (tertiary/aromatic N) is 4. The number of hydrogen-bond donors (Lipinski definition) is 2. The van der Waals surface area contributed by atoms with Crippen molar-refractivity contribution in [2.75, 3.05) is 12.3 Å². The van der Waals surface area contributed by atoms with Crippen LogP contribution in [0.15, 0.2) is 70.8 Å². The van der Waals surface area contributed by atoms with Gasteiger partial charge in [0.05, 0.1) is 17.2 Å². The van der Waals surface area contributed by atoms with Gasteiger partial charge in [0.15, 0.2) is 5.65 Å². The maximum absolute atomic E-state index is 12.7. The smallest absolute Gasteiger partial charge is 0.257 e. The van der Waals surface area contributed by atoms with Crippen molar-refractivity contribution in [3.05, 3.63) is 76.8 Å². The number of nitrogen functional groups attached to an aromatic ring is 1. The highest BCUT2D eigenvalue weighted by atomic mass is 79.9. The number of amides is 1. The summed E-state index contributed by atoms with van der Waals surface area (Å²) in [6.45, 7) is 3.93. The predicted octanol–water partition coefficient (Wildman–Crippen LogP) is 3.73. The fourth-order valence-corrected chi connectivity index (χ4v) is 3.37. The number of nitrogens with two attached hydrogens (primary N) is 1. The second kappa shape index (κ2) is 7.84. The van der Waals surface area contributed by atoms with Gasteiger partial charge in [0.2, 0.25) is 0 Å². The van der Waals surface area contributed by atoms with Gasteiger partial charge in [-0.2, -0.15) is 9.78 Å². The Hall–Kier alpha value is -3.52. The molecule has 0 spiro atoms. The van der Waals surface area contributed by atoms with Crippen molar-refractivity contribution in [1.82, 2.24) is 20.0 Å². The Morgan fingerprint density at radius 3 is 2.69 bits per heavy atom. The van der Waals surface area contributed by atoms with Crippen LogP contribution in [-0.2, 0) is 0 Å². The van der Waals surface area contributed by atoms with E-state index in [1.54, 1.807) is 12.3 Å². The largest absolute Gasteiger partial charge is 0.383 e. The van der Waals surface area contributed by atoms with Crippen molar-refractivity contribution in [2.45, 2.75) is 0 Å². The average Bonchev–Trinajstić information content (AvgIpc) is 2.99. The Morgan fingerprint density at radius 1 is 1.21 bits per heavy atom. The molecule has 4 rings (SSSR count). The summed E-state index contributed by atoms with van der Waals surface area (Å²) in [6, 6.07) is 15.1. The summed E-state index contributed by atoms with van der Waals surface area (Å²) in [6.07, 6.45) is 3.25. The molecule has 0 fully saturated rings. The highest BCUT2D eigenvalue weighted by Gasteiger charge is 2.23. The fraction of sp³-hybridized carbons (Fsp3) is 0.0476. The van der Waals surface area contributed by atoms with Crippen LogP contribution in [0, 0.1) is 0 Å². The summed E-state index contributed by atoms with van der Waals surface area (Å²) in [5.41, 5.74) is 9.60. The molecule has 0 aliphatic rings. The molecule has 1 amide bonds. The Balaban J connectivity index is 1.92. The van der Waals surface area contributed by atoms with E-state index in [0.29, 0.717) is 28.7 Å². The highest BCUT2D eigenvalue weighted by Crippen LogP contribution is 2.27. The molecule has 144 valence electrons. The molecule has 3 N–H and O–H groups in total. The second-order valence-electron chi connectivity index (χ2n) is 6.25. The monoisotopic (exact) mass is 448 g/mol. The van der Waals surface area contributed by atoms with E-state index in [2.05, 4.69) is 42.9 Å². The SMILES string of the molecule is C=CCNC(=O)c1c(N)n(/N=C/c2cccc(Br)c2)c2nc3ccccc3nc12. The van der Waals surface area contributed by atoms with E-state index in [4.69, 9.17) is 5.73 Å². The van der Waals surface area contributed by atoms with Gasteiger partial charge in [0.25, 0.3) is 5.91 Å². The van der Waals surface area contributed by atoms with Crippen LogP contribution in [0.25, 0.3) is 22.2 Å². The minimum absolute atomic E-state index is 0.170. The summed E-state index contributed by atoms with van der Waals surface area (Å²) >= 11 is 3.44. The van der Waals surface area contributed by atoms with Crippen molar-refractivity contribution in [1.29, 1.82) is 0 Å². The predicted molar refractivity (Wildman–Crippen MR) is 119 cm³/mol. The molecule has 2 aromatic heterocycles. The van der Waals surface area contributed by atoms with Gasteiger partial charge in [-0.05, 0) is 29.8 Å². The maximum atomic E-state index is 12.7. The molecule has 2 aromatic carbocycles. The number of halogens is 1. The average molecular weight is 449 g/mol. The molecule has 0 unspecified atom stereocenters. The third kappa shape index (κ3) is 3.62. The van der Waals surface area contributed by atoms with Crippen molar-refractivity contribution in [3.63, 3.8) is 0 Å². The molecule has 0 radical (unpaired) electrons. The lowest BCUT2D eigenvalue weighted by Gasteiger charge is -2.02. The van der Waals surface area contributed by atoms with Gasteiger partial charge in [0, 0.05) is 11.0 Å². The number of aromatic nitrogens is 3. The lowest BCUT2D eigenvalue weighted by atomic mass is 10.2. The standard InChI is InChI=1S/C21H17BrN6O/c1-2-10-24-21(29)17-18-20(27-16-9-4-3-8-15(16)26-18)28(19(17)23)25-12-13-6-5-7-14(22)11-13/h2-9,11-12H,1,10,23H2,(H,24,29)/b25-12+. The van der Waals surface area contributed by atoms with Crippen molar-refractivity contribution in [2.24, 2.45) is 5.10 Å². The summed E-state index contributed by atoms with van der Waals surface area (Å²) in [5, 5.41) is 7.23. The highest BCUT2D eigenvalue weighted by molar-refractivity contribution is 9.10.